The first-order valence-corrected chi connectivity index (χ1v) is 7.15. The monoisotopic (exact) mass is 263 g/mol. The topological polar surface area (TPSA) is 12.0 Å². The average Bonchev–Trinajstić information content (AvgIpc) is 3.06. The van der Waals surface area contributed by atoms with Gasteiger partial charge in [-0.1, -0.05) is 26.7 Å². The van der Waals surface area contributed by atoms with Crippen molar-refractivity contribution in [3.63, 3.8) is 0 Å². The van der Waals surface area contributed by atoms with E-state index in [2.05, 4.69) is 19.2 Å². The van der Waals surface area contributed by atoms with Crippen LogP contribution in [0.5, 0.6) is 0 Å². The summed E-state index contributed by atoms with van der Waals surface area (Å²) in [4.78, 5) is 0. The van der Waals surface area contributed by atoms with E-state index in [0.717, 1.165) is 19.4 Å². The smallest absolute Gasteiger partial charge is 0.313 e. The van der Waals surface area contributed by atoms with Crippen molar-refractivity contribution in [3.05, 3.63) is 0 Å². The molecule has 106 valence electrons. The Morgan fingerprint density at radius 1 is 1.17 bits per heavy atom. The zero-order chi connectivity index (χ0) is 13.4. The van der Waals surface area contributed by atoms with Crippen molar-refractivity contribution in [1.29, 1.82) is 0 Å². The summed E-state index contributed by atoms with van der Waals surface area (Å²) < 4.78 is 38.8. The first kappa shape index (κ1) is 14.2. The molecular weight excluding hydrogens is 239 g/mol. The largest absolute Gasteiger partial charge is 0.393 e. The van der Waals surface area contributed by atoms with Gasteiger partial charge in [0.2, 0.25) is 0 Å². The van der Waals surface area contributed by atoms with Crippen LogP contribution in [0.4, 0.5) is 13.2 Å². The van der Waals surface area contributed by atoms with E-state index in [1.54, 1.807) is 0 Å². The summed E-state index contributed by atoms with van der Waals surface area (Å²) in [5.41, 5.74) is 0.285. The fraction of sp³-hybridized carbons (Fsp3) is 1.00. The van der Waals surface area contributed by atoms with Crippen LogP contribution in [0, 0.1) is 17.3 Å². The molecule has 0 aliphatic heterocycles. The molecule has 1 N–H and O–H groups in total. The fourth-order valence-corrected chi connectivity index (χ4v) is 3.22. The highest BCUT2D eigenvalue weighted by Crippen LogP contribution is 2.51. The molecule has 2 atom stereocenters. The molecule has 2 fully saturated rings. The Kier molecular flexibility index (Phi) is 3.96. The third-order valence-corrected chi connectivity index (χ3v) is 5.02. The summed E-state index contributed by atoms with van der Waals surface area (Å²) in [7, 11) is 0. The van der Waals surface area contributed by atoms with E-state index in [0.29, 0.717) is 18.8 Å². The number of rotatable bonds is 4. The molecule has 2 aliphatic rings. The van der Waals surface area contributed by atoms with Crippen LogP contribution in [0.15, 0.2) is 0 Å². The Labute approximate surface area is 108 Å². The van der Waals surface area contributed by atoms with Crippen molar-refractivity contribution >= 4 is 0 Å². The molecule has 2 unspecified atom stereocenters. The van der Waals surface area contributed by atoms with Crippen LogP contribution in [-0.2, 0) is 0 Å². The lowest BCUT2D eigenvalue weighted by Crippen LogP contribution is -2.47. The second-order valence-electron chi connectivity index (χ2n) is 6.44. The van der Waals surface area contributed by atoms with Crippen LogP contribution in [0.2, 0.25) is 0 Å². The highest BCUT2D eigenvalue weighted by molar-refractivity contribution is 4.98. The lowest BCUT2D eigenvalue weighted by atomic mass is 9.83. The molecule has 0 heterocycles. The van der Waals surface area contributed by atoms with Crippen LogP contribution >= 0.6 is 0 Å². The van der Waals surface area contributed by atoms with E-state index in [1.807, 2.05) is 0 Å². The Morgan fingerprint density at radius 3 is 2.28 bits per heavy atom. The van der Waals surface area contributed by atoms with Gasteiger partial charge in [-0.15, -0.1) is 0 Å². The van der Waals surface area contributed by atoms with Gasteiger partial charge in [-0.25, -0.2) is 0 Å². The van der Waals surface area contributed by atoms with Gasteiger partial charge in [-0.2, -0.15) is 13.2 Å². The highest BCUT2D eigenvalue weighted by atomic mass is 19.4. The van der Waals surface area contributed by atoms with E-state index in [9.17, 15) is 13.2 Å². The zero-order valence-electron chi connectivity index (χ0n) is 11.3. The van der Waals surface area contributed by atoms with Crippen LogP contribution in [-0.4, -0.2) is 18.8 Å². The van der Waals surface area contributed by atoms with Crippen LogP contribution < -0.4 is 5.32 Å². The van der Waals surface area contributed by atoms with Gasteiger partial charge >= 0.3 is 6.18 Å². The summed E-state index contributed by atoms with van der Waals surface area (Å²) in [6.45, 7) is 5.12. The minimum absolute atomic E-state index is 0.285. The Hall–Kier alpha value is -0.250. The molecule has 0 aromatic heterocycles. The molecular formula is C14H24F3N. The summed E-state index contributed by atoms with van der Waals surface area (Å²) in [5, 5.41) is 3.24. The van der Waals surface area contributed by atoms with E-state index < -0.39 is 12.1 Å². The van der Waals surface area contributed by atoms with Gasteiger partial charge in [0.1, 0.15) is 0 Å². The van der Waals surface area contributed by atoms with E-state index >= 15 is 0 Å². The first-order chi connectivity index (χ1) is 8.35. The highest BCUT2D eigenvalue weighted by Gasteiger charge is 2.48. The molecule has 0 bridgehead atoms. The summed E-state index contributed by atoms with van der Waals surface area (Å²) >= 11 is 0. The first-order valence-electron chi connectivity index (χ1n) is 7.15. The van der Waals surface area contributed by atoms with Crippen molar-refractivity contribution in [3.8, 4) is 0 Å². The maximum Gasteiger partial charge on any atom is 0.393 e. The number of nitrogens with one attached hydrogen (secondary N) is 1. The van der Waals surface area contributed by atoms with Gasteiger partial charge in [0.15, 0.2) is 0 Å². The minimum Gasteiger partial charge on any atom is -0.313 e. The molecule has 0 spiro atoms. The molecule has 1 nitrogen and oxygen atoms in total. The predicted octanol–water partition coefficient (Wildman–Crippen LogP) is 4.13. The molecule has 0 aromatic carbocycles. The van der Waals surface area contributed by atoms with Crippen LogP contribution in [0.3, 0.4) is 0 Å². The quantitative estimate of drug-likeness (QED) is 0.804. The Morgan fingerprint density at radius 2 is 1.78 bits per heavy atom. The summed E-state index contributed by atoms with van der Waals surface area (Å²) in [6, 6.07) is -0.352. The van der Waals surface area contributed by atoms with Gasteiger partial charge in [-0.05, 0) is 37.0 Å². The lowest BCUT2D eigenvalue weighted by molar-refractivity contribution is -0.189. The Balaban J connectivity index is 1.90. The number of hydrogen-bond acceptors (Lipinski definition) is 1. The summed E-state index contributed by atoms with van der Waals surface area (Å²) in [5.74, 6) is -0.563. The Bertz CT molecular complexity index is 281. The van der Waals surface area contributed by atoms with Crippen LogP contribution in [0.1, 0.15) is 52.4 Å². The molecule has 18 heavy (non-hydrogen) atoms. The van der Waals surface area contributed by atoms with Crippen molar-refractivity contribution in [2.75, 3.05) is 6.54 Å². The summed E-state index contributed by atoms with van der Waals surface area (Å²) in [6.07, 6.45) is 0.930. The molecule has 0 aromatic rings. The third kappa shape index (κ3) is 3.01. The van der Waals surface area contributed by atoms with Gasteiger partial charge in [0.05, 0.1) is 5.92 Å². The second-order valence-corrected chi connectivity index (χ2v) is 6.44. The predicted molar refractivity (Wildman–Crippen MR) is 66.3 cm³/mol. The van der Waals surface area contributed by atoms with E-state index in [4.69, 9.17) is 0 Å². The maximum absolute atomic E-state index is 12.9. The minimum atomic E-state index is -4.04. The molecule has 4 heteroatoms. The van der Waals surface area contributed by atoms with Gasteiger partial charge in [0.25, 0.3) is 0 Å². The van der Waals surface area contributed by atoms with Crippen LogP contribution in [0.25, 0.3) is 0 Å². The average molecular weight is 263 g/mol. The van der Waals surface area contributed by atoms with E-state index in [1.165, 1.54) is 12.8 Å². The SMILES string of the molecule is CC(C)C1(CNC2CCCCC2C(F)(F)F)CC1. The van der Waals surface area contributed by atoms with Crippen molar-refractivity contribution in [1.82, 2.24) is 5.32 Å². The molecule has 2 aliphatic carbocycles. The molecule has 0 saturated heterocycles. The lowest BCUT2D eigenvalue weighted by Gasteiger charge is -2.35. The maximum atomic E-state index is 12.9. The molecule has 2 saturated carbocycles. The zero-order valence-corrected chi connectivity index (χ0v) is 11.3. The number of halogens is 3. The normalized spacial score (nSPS) is 31.7. The number of alkyl halides is 3. The molecule has 2 rings (SSSR count). The van der Waals surface area contributed by atoms with Gasteiger partial charge in [0, 0.05) is 12.6 Å². The van der Waals surface area contributed by atoms with Crippen molar-refractivity contribution < 1.29 is 13.2 Å². The van der Waals surface area contributed by atoms with Crippen molar-refractivity contribution in [2.24, 2.45) is 17.3 Å². The van der Waals surface area contributed by atoms with E-state index in [-0.39, 0.29) is 11.5 Å². The molecule has 0 radical (unpaired) electrons. The standard InChI is InChI=1S/C14H24F3N/c1-10(2)13(7-8-13)9-18-12-6-4-3-5-11(12)14(15,16)17/h10-12,18H,3-9H2,1-2H3. The third-order valence-electron chi connectivity index (χ3n) is 5.02. The van der Waals surface area contributed by atoms with Gasteiger partial charge < -0.3 is 5.32 Å². The second kappa shape index (κ2) is 5.03. The van der Waals surface area contributed by atoms with Gasteiger partial charge in [-0.3, -0.25) is 0 Å². The number of hydrogen-bond donors (Lipinski definition) is 1. The van der Waals surface area contributed by atoms with Crippen molar-refractivity contribution in [2.45, 2.75) is 64.6 Å². The fourth-order valence-electron chi connectivity index (χ4n) is 3.22. The molecule has 0 amide bonds.